The number of allylic oxidation sites excluding steroid dienone is 4. The Hall–Kier alpha value is 0.949. The standard InChI is InChI=1S/C15H28PSi.4CH3.ClH.Cr/c1-14(2,3)16(15(4,5)6)17(7,8)13-11-9-10-12-13;;;;;;/h9,11H,10H2,1-8H3;4*1H3;1H;. The SMILES string of the molecule is CC(C)(C)P(C(C)(C)C)[Si](C)(C)C1=[C]([Cr]([CH3])([CH3])([CH3])[CH3])CC=C1.Cl. The third-order valence-corrected chi connectivity index (χ3v) is 22.1. The van der Waals surface area contributed by atoms with Crippen LogP contribution < -0.4 is 0 Å². The van der Waals surface area contributed by atoms with Crippen LogP contribution in [0.1, 0.15) is 48.0 Å². The molecule has 0 aromatic carbocycles. The molecule has 0 aliphatic heterocycles. The van der Waals surface area contributed by atoms with Gasteiger partial charge in [0.1, 0.15) is 0 Å². The fraction of sp³-hybridized carbons (Fsp3) is 0.789. The Morgan fingerprint density at radius 1 is 0.913 bits per heavy atom. The molecule has 0 N–H and O–H groups in total. The van der Waals surface area contributed by atoms with Gasteiger partial charge in [-0.15, -0.1) is 12.4 Å². The fourth-order valence-corrected chi connectivity index (χ4v) is 28.9. The molecule has 0 saturated heterocycles. The molecular formula is C19H41ClCrPSi. The second-order valence-electron chi connectivity index (χ2n) is 10.9. The maximum absolute atomic E-state index is 2.66. The molecule has 0 bridgehead atoms. The minimum Gasteiger partial charge on any atom is -0.147 e. The van der Waals surface area contributed by atoms with E-state index in [2.05, 4.69) is 89.9 Å². The molecule has 0 aromatic heterocycles. The summed E-state index contributed by atoms with van der Waals surface area (Å²) in [6.07, 6.45) is 6.21. The number of hydrogen-bond donors (Lipinski definition) is 0. The van der Waals surface area contributed by atoms with Crippen molar-refractivity contribution in [2.75, 3.05) is 0 Å². The van der Waals surface area contributed by atoms with Gasteiger partial charge in [0.25, 0.3) is 0 Å². The van der Waals surface area contributed by atoms with E-state index in [4.69, 9.17) is 0 Å². The summed E-state index contributed by atoms with van der Waals surface area (Å²) in [5.74, 6) is 10.3. The Kier molecular flexibility index (Phi) is 6.87. The van der Waals surface area contributed by atoms with E-state index >= 15 is 0 Å². The van der Waals surface area contributed by atoms with Gasteiger partial charge in [0.05, 0.1) is 0 Å². The maximum Gasteiger partial charge on any atom is -0.147 e. The van der Waals surface area contributed by atoms with Crippen LogP contribution in [0.4, 0.5) is 0 Å². The van der Waals surface area contributed by atoms with Crippen LogP contribution in [0.25, 0.3) is 0 Å². The first-order valence-electron chi connectivity index (χ1n) is 8.39. The molecule has 1 aliphatic rings. The van der Waals surface area contributed by atoms with Gasteiger partial charge >= 0.3 is 144 Å². The Morgan fingerprint density at radius 2 is 1.30 bits per heavy atom. The van der Waals surface area contributed by atoms with Crippen LogP contribution in [-0.2, 0) is 12.0 Å². The summed E-state index contributed by atoms with van der Waals surface area (Å²) in [7, 11) is -1.53. The second-order valence-corrected chi connectivity index (χ2v) is 33.6. The van der Waals surface area contributed by atoms with Gasteiger partial charge in [-0.3, -0.25) is 0 Å². The van der Waals surface area contributed by atoms with Crippen molar-refractivity contribution in [3.05, 3.63) is 21.8 Å². The van der Waals surface area contributed by atoms with Crippen LogP contribution in [0.3, 0.4) is 0 Å². The smallest absolute Gasteiger partial charge is 0.147 e. The molecule has 0 saturated carbocycles. The van der Waals surface area contributed by atoms with Crippen molar-refractivity contribution in [2.24, 2.45) is 0 Å². The molecule has 0 fully saturated rings. The number of hydrogen-bond acceptors (Lipinski definition) is 0. The van der Waals surface area contributed by atoms with E-state index in [0.29, 0.717) is 10.3 Å². The van der Waals surface area contributed by atoms with E-state index in [1.54, 1.807) is 0 Å². The van der Waals surface area contributed by atoms with E-state index in [0.717, 1.165) is 0 Å². The Morgan fingerprint density at radius 3 is 1.61 bits per heavy atom. The van der Waals surface area contributed by atoms with Crippen molar-refractivity contribution in [3.8, 4) is 0 Å². The normalized spacial score (nSPS) is 18.9. The summed E-state index contributed by atoms with van der Waals surface area (Å²) in [4.78, 5) is 0. The van der Waals surface area contributed by atoms with Crippen molar-refractivity contribution in [1.82, 2.24) is 0 Å². The van der Waals surface area contributed by atoms with E-state index in [1.165, 1.54) is 6.42 Å². The fourth-order valence-electron chi connectivity index (χ4n) is 4.61. The molecule has 23 heavy (non-hydrogen) atoms. The van der Waals surface area contributed by atoms with Gasteiger partial charge in [0.2, 0.25) is 0 Å². The van der Waals surface area contributed by atoms with Crippen LogP contribution in [0.2, 0.25) is 36.2 Å². The largest absolute Gasteiger partial charge is 0.147 e. The van der Waals surface area contributed by atoms with Crippen LogP contribution >= 0.6 is 19.9 Å². The van der Waals surface area contributed by atoms with Crippen LogP contribution in [0.5, 0.6) is 0 Å². The molecule has 1 rings (SSSR count). The molecule has 0 amide bonds. The Bertz CT molecular complexity index is 487. The number of rotatable bonds is 3. The van der Waals surface area contributed by atoms with Crippen molar-refractivity contribution in [1.29, 1.82) is 0 Å². The molecule has 0 nitrogen and oxygen atoms in total. The van der Waals surface area contributed by atoms with Gasteiger partial charge in [-0.2, -0.15) is 0 Å². The van der Waals surface area contributed by atoms with Crippen molar-refractivity contribution in [3.63, 3.8) is 0 Å². The Labute approximate surface area is 155 Å². The van der Waals surface area contributed by atoms with Gasteiger partial charge in [0, 0.05) is 0 Å². The van der Waals surface area contributed by atoms with E-state index in [1.807, 2.05) is 9.63 Å². The molecule has 0 radical (unpaired) electrons. The maximum atomic E-state index is 2.66. The topological polar surface area (TPSA) is 0 Å². The first-order valence-corrected chi connectivity index (χ1v) is 19.3. The van der Waals surface area contributed by atoms with E-state index in [-0.39, 0.29) is 19.9 Å². The summed E-state index contributed by atoms with van der Waals surface area (Å²) in [6, 6.07) is 0. The quantitative estimate of drug-likeness (QED) is 0.321. The predicted molar refractivity (Wildman–Crippen MR) is 115 cm³/mol. The second kappa shape index (κ2) is 6.59. The monoisotopic (exact) mass is 415 g/mol. The third-order valence-electron chi connectivity index (χ3n) is 4.43. The summed E-state index contributed by atoms with van der Waals surface area (Å²) in [6.45, 7) is 20.2. The Balaban J connectivity index is 0.00000484. The van der Waals surface area contributed by atoms with Crippen LogP contribution in [0.15, 0.2) is 21.8 Å². The first-order chi connectivity index (χ1) is 9.35. The summed E-state index contributed by atoms with van der Waals surface area (Å²) < 4.78 is 1.86. The van der Waals surface area contributed by atoms with Gasteiger partial charge in [-0.05, 0) is 0 Å². The molecule has 0 atom stereocenters. The van der Waals surface area contributed by atoms with E-state index < -0.39 is 19.7 Å². The minimum atomic E-state index is -2.10. The molecule has 139 valence electrons. The van der Waals surface area contributed by atoms with Crippen LogP contribution in [0, 0.1) is 0 Å². The zero-order valence-corrected chi connectivity index (χ0v) is 21.6. The summed E-state index contributed by atoms with van der Waals surface area (Å²) >= 11 is -2.10. The average Bonchev–Trinajstić information content (AvgIpc) is 2.56. The number of halogens is 1. The van der Waals surface area contributed by atoms with E-state index in [9.17, 15) is 0 Å². The van der Waals surface area contributed by atoms with Gasteiger partial charge in [-0.1, -0.05) is 0 Å². The minimum absolute atomic E-state index is 0. The molecule has 0 heterocycles. The first kappa shape index (κ1) is 23.9. The molecule has 0 spiro atoms. The summed E-state index contributed by atoms with van der Waals surface area (Å²) in [5, 5.41) is 2.65. The van der Waals surface area contributed by atoms with Crippen molar-refractivity contribution < 1.29 is 12.0 Å². The zero-order chi connectivity index (χ0) is 17.8. The van der Waals surface area contributed by atoms with Crippen molar-refractivity contribution >= 4 is 27.6 Å². The van der Waals surface area contributed by atoms with Gasteiger partial charge in [-0.25, -0.2) is 0 Å². The molecule has 1 aliphatic carbocycles. The average molecular weight is 416 g/mol. The molecular weight excluding hydrogens is 375 g/mol. The summed E-state index contributed by atoms with van der Waals surface area (Å²) in [5.41, 5.74) is 0. The van der Waals surface area contributed by atoms with Gasteiger partial charge in [0.15, 0.2) is 0 Å². The predicted octanol–water partition coefficient (Wildman–Crippen LogP) is 8.33. The van der Waals surface area contributed by atoms with Gasteiger partial charge < -0.3 is 0 Å². The molecule has 4 heteroatoms. The third kappa shape index (κ3) is 5.46. The molecule has 0 aromatic rings. The van der Waals surface area contributed by atoms with Crippen molar-refractivity contribution in [2.45, 2.75) is 94.5 Å². The zero-order valence-electron chi connectivity index (χ0n) is 17.6. The molecule has 0 unspecified atom stereocenters. The van der Waals surface area contributed by atoms with Crippen LogP contribution in [-0.4, -0.2) is 18.1 Å².